The first-order valence-corrected chi connectivity index (χ1v) is 7.90. The lowest BCUT2D eigenvalue weighted by atomic mass is 9.81. The van der Waals surface area contributed by atoms with E-state index in [1.807, 2.05) is 0 Å². The van der Waals surface area contributed by atoms with Gasteiger partial charge in [-0.3, -0.25) is 0 Å². The van der Waals surface area contributed by atoms with Crippen LogP contribution in [0.5, 0.6) is 0 Å². The molecule has 0 amide bonds. The molecule has 0 aromatic carbocycles. The monoisotopic (exact) mass is 254 g/mol. The van der Waals surface area contributed by atoms with Crippen LogP contribution in [-0.2, 0) is 0 Å². The number of hydrogen-bond donors (Lipinski definition) is 1. The maximum absolute atomic E-state index is 3.65. The molecular weight excluding hydrogens is 220 g/mol. The summed E-state index contributed by atoms with van der Waals surface area (Å²) in [6, 6.07) is 0. The van der Waals surface area contributed by atoms with Crippen LogP contribution in [0.1, 0.15) is 60.3 Å². The van der Waals surface area contributed by atoms with E-state index < -0.39 is 0 Å². The molecule has 2 nitrogen and oxygen atoms in total. The van der Waals surface area contributed by atoms with Crippen molar-refractivity contribution in [3.63, 3.8) is 0 Å². The first-order chi connectivity index (χ1) is 8.47. The minimum absolute atomic E-state index is 0.482. The molecule has 1 aliphatic heterocycles. The molecular formula is C16H34N2. The van der Waals surface area contributed by atoms with Gasteiger partial charge in [-0.1, -0.05) is 34.6 Å². The molecule has 0 radical (unpaired) electrons. The van der Waals surface area contributed by atoms with Crippen molar-refractivity contribution >= 4 is 0 Å². The van der Waals surface area contributed by atoms with E-state index in [1.54, 1.807) is 0 Å². The summed E-state index contributed by atoms with van der Waals surface area (Å²) in [5.74, 6) is 0. The average Bonchev–Trinajstić information content (AvgIpc) is 2.67. The minimum atomic E-state index is 0.482. The lowest BCUT2D eigenvalue weighted by Crippen LogP contribution is -2.43. The first-order valence-electron chi connectivity index (χ1n) is 7.90. The van der Waals surface area contributed by atoms with Crippen LogP contribution in [0, 0.1) is 10.8 Å². The Morgan fingerprint density at radius 2 is 1.83 bits per heavy atom. The van der Waals surface area contributed by atoms with Gasteiger partial charge in [0.15, 0.2) is 0 Å². The zero-order valence-electron chi connectivity index (χ0n) is 13.3. The van der Waals surface area contributed by atoms with Crippen LogP contribution in [0.25, 0.3) is 0 Å². The molecule has 0 atom stereocenters. The largest absolute Gasteiger partial charge is 0.316 e. The highest BCUT2D eigenvalue weighted by Gasteiger charge is 2.34. The Morgan fingerprint density at radius 1 is 1.17 bits per heavy atom. The zero-order chi connectivity index (χ0) is 13.6. The molecule has 0 bridgehead atoms. The van der Waals surface area contributed by atoms with Crippen molar-refractivity contribution in [3.05, 3.63) is 0 Å². The fourth-order valence-electron chi connectivity index (χ4n) is 3.14. The smallest absolute Gasteiger partial charge is 0.00502 e. The third-order valence-corrected chi connectivity index (χ3v) is 4.74. The molecule has 0 spiro atoms. The van der Waals surface area contributed by atoms with Crippen LogP contribution in [0.3, 0.4) is 0 Å². The Bertz CT molecular complexity index is 231. The van der Waals surface area contributed by atoms with Gasteiger partial charge in [-0.05, 0) is 49.6 Å². The molecule has 1 saturated heterocycles. The molecule has 1 fully saturated rings. The Kier molecular flexibility index (Phi) is 6.13. The fourth-order valence-corrected chi connectivity index (χ4v) is 3.14. The van der Waals surface area contributed by atoms with E-state index in [1.165, 1.54) is 51.9 Å². The standard InChI is InChI=1S/C16H34N2/c1-6-10-17-12-16(7-2,8-3)14-18-11-9-15(4,5)13-18/h17H,6-14H2,1-5H3. The first kappa shape index (κ1) is 16.0. The van der Waals surface area contributed by atoms with Crippen molar-refractivity contribution in [3.8, 4) is 0 Å². The van der Waals surface area contributed by atoms with Gasteiger partial charge < -0.3 is 10.2 Å². The predicted molar refractivity (Wildman–Crippen MR) is 81.0 cm³/mol. The van der Waals surface area contributed by atoms with Gasteiger partial charge in [-0.25, -0.2) is 0 Å². The molecule has 0 unspecified atom stereocenters. The summed E-state index contributed by atoms with van der Waals surface area (Å²) in [6.07, 6.45) is 5.17. The maximum Gasteiger partial charge on any atom is 0.00502 e. The van der Waals surface area contributed by atoms with E-state index in [2.05, 4.69) is 44.8 Å². The van der Waals surface area contributed by atoms with Crippen molar-refractivity contribution < 1.29 is 0 Å². The summed E-state index contributed by atoms with van der Waals surface area (Å²) >= 11 is 0. The summed E-state index contributed by atoms with van der Waals surface area (Å²) in [5, 5.41) is 3.65. The lowest BCUT2D eigenvalue weighted by molar-refractivity contribution is 0.146. The van der Waals surface area contributed by atoms with E-state index in [0.717, 1.165) is 6.54 Å². The summed E-state index contributed by atoms with van der Waals surface area (Å²) < 4.78 is 0. The molecule has 1 rings (SSSR count). The number of likely N-dealkylation sites (tertiary alicyclic amines) is 1. The van der Waals surface area contributed by atoms with Crippen molar-refractivity contribution in [2.75, 3.05) is 32.7 Å². The summed E-state index contributed by atoms with van der Waals surface area (Å²) in [7, 11) is 0. The maximum atomic E-state index is 3.65. The molecule has 108 valence electrons. The molecule has 2 heteroatoms. The van der Waals surface area contributed by atoms with Crippen LogP contribution in [-0.4, -0.2) is 37.6 Å². The average molecular weight is 254 g/mol. The van der Waals surface area contributed by atoms with Crippen LogP contribution in [0.15, 0.2) is 0 Å². The number of rotatable bonds is 8. The van der Waals surface area contributed by atoms with Gasteiger partial charge >= 0.3 is 0 Å². The summed E-state index contributed by atoms with van der Waals surface area (Å²) in [5.41, 5.74) is 1.01. The Hall–Kier alpha value is -0.0800. The van der Waals surface area contributed by atoms with Gasteiger partial charge in [0, 0.05) is 19.6 Å². The number of nitrogens with one attached hydrogen (secondary N) is 1. The highest BCUT2D eigenvalue weighted by Crippen LogP contribution is 2.33. The zero-order valence-corrected chi connectivity index (χ0v) is 13.3. The Morgan fingerprint density at radius 3 is 2.28 bits per heavy atom. The van der Waals surface area contributed by atoms with Crippen LogP contribution >= 0.6 is 0 Å². The molecule has 1 heterocycles. The highest BCUT2D eigenvalue weighted by atomic mass is 15.2. The van der Waals surface area contributed by atoms with Crippen molar-refractivity contribution in [1.29, 1.82) is 0 Å². The van der Waals surface area contributed by atoms with E-state index in [-0.39, 0.29) is 0 Å². The number of hydrogen-bond acceptors (Lipinski definition) is 2. The third kappa shape index (κ3) is 4.55. The molecule has 0 aliphatic carbocycles. The van der Waals surface area contributed by atoms with Gasteiger partial charge in [0.05, 0.1) is 0 Å². The van der Waals surface area contributed by atoms with E-state index >= 15 is 0 Å². The minimum Gasteiger partial charge on any atom is -0.316 e. The normalized spacial score (nSPS) is 20.5. The van der Waals surface area contributed by atoms with Crippen molar-refractivity contribution in [2.45, 2.75) is 60.3 Å². The van der Waals surface area contributed by atoms with Crippen molar-refractivity contribution in [1.82, 2.24) is 10.2 Å². The van der Waals surface area contributed by atoms with Gasteiger partial charge in [-0.2, -0.15) is 0 Å². The Balaban J connectivity index is 2.51. The van der Waals surface area contributed by atoms with Gasteiger partial charge in [0.1, 0.15) is 0 Å². The quantitative estimate of drug-likeness (QED) is 0.667. The fraction of sp³-hybridized carbons (Fsp3) is 1.00. The van der Waals surface area contributed by atoms with Crippen LogP contribution in [0.4, 0.5) is 0 Å². The highest BCUT2D eigenvalue weighted by molar-refractivity contribution is 4.89. The molecule has 1 aliphatic rings. The molecule has 1 N–H and O–H groups in total. The summed E-state index contributed by atoms with van der Waals surface area (Å²) in [6.45, 7) is 18.0. The van der Waals surface area contributed by atoms with E-state index in [9.17, 15) is 0 Å². The Labute approximate surface area is 115 Å². The summed E-state index contributed by atoms with van der Waals surface area (Å²) in [4.78, 5) is 2.70. The number of nitrogens with zero attached hydrogens (tertiary/aromatic N) is 1. The van der Waals surface area contributed by atoms with Gasteiger partial charge in [0.25, 0.3) is 0 Å². The van der Waals surface area contributed by atoms with E-state index in [0.29, 0.717) is 10.8 Å². The third-order valence-electron chi connectivity index (χ3n) is 4.74. The molecule has 18 heavy (non-hydrogen) atoms. The topological polar surface area (TPSA) is 15.3 Å². The van der Waals surface area contributed by atoms with Crippen molar-refractivity contribution in [2.24, 2.45) is 10.8 Å². The molecule has 0 aromatic rings. The van der Waals surface area contributed by atoms with Gasteiger partial charge in [0.2, 0.25) is 0 Å². The molecule has 0 aromatic heterocycles. The van der Waals surface area contributed by atoms with Crippen LogP contribution in [0.2, 0.25) is 0 Å². The van der Waals surface area contributed by atoms with Gasteiger partial charge in [-0.15, -0.1) is 0 Å². The van der Waals surface area contributed by atoms with Crippen LogP contribution < -0.4 is 5.32 Å². The molecule has 0 saturated carbocycles. The van der Waals surface area contributed by atoms with E-state index in [4.69, 9.17) is 0 Å². The second-order valence-corrected chi connectivity index (χ2v) is 7.01. The second kappa shape index (κ2) is 6.91. The second-order valence-electron chi connectivity index (χ2n) is 7.01. The predicted octanol–water partition coefficient (Wildman–Crippen LogP) is 3.52. The lowest BCUT2D eigenvalue weighted by Gasteiger charge is -2.36. The SMILES string of the molecule is CCCNCC(CC)(CC)CN1CCC(C)(C)C1.